The fourth-order valence-electron chi connectivity index (χ4n) is 2.93. The van der Waals surface area contributed by atoms with Crippen LogP contribution in [0.5, 0.6) is 0 Å². The largest absolute Gasteiger partial charge is 0.381 e. The van der Waals surface area contributed by atoms with E-state index < -0.39 is 0 Å². The maximum absolute atomic E-state index is 6.07. The molecule has 0 radical (unpaired) electrons. The Morgan fingerprint density at radius 1 is 1.22 bits per heavy atom. The number of rotatable bonds is 8. The summed E-state index contributed by atoms with van der Waals surface area (Å²) in [6.07, 6.45) is 5.67. The molecule has 0 aromatic heterocycles. The van der Waals surface area contributed by atoms with Crippen molar-refractivity contribution in [3.8, 4) is 0 Å². The number of hydrogen-bond acceptors (Lipinski definition) is 3. The molecule has 0 spiro atoms. The van der Waals surface area contributed by atoms with Crippen LogP contribution in [0.1, 0.15) is 52.9 Å². The molecule has 5 nitrogen and oxygen atoms in total. The minimum absolute atomic E-state index is 0. The van der Waals surface area contributed by atoms with Gasteiger partial charge < -0.3 is 20.7 Å². The maximum atomic E-state index is 6.07. The molecule has 1 unspecified atom stereocenters. The third-order valence-corrected chi connectivity index (χ3v) is 4.73. The molecular formula is C17H37IN4O. The topological polar surface area (TPSA) is 62.9 Å². The highest BCUT2D eigenvalue weighted by Gasteiger charge is 2.34. The maximum Gasteiger partial charge on any atom is 0.188 e. The molecule has 138 valence electrons. The molecule has 0 aromatic carbocycles. The molecule has 0 bridgehead atoms. The average Bonchev–Trinajstić information content (AvgIpc) is 2.45. The van der Waals surface area contributed by atoms with Crippen LogP contribution in [0, 0.1) is 5.92 Å². The number of guanidine groups is 1. The second kappa shape index (κ2) is 11.5. The summed E-state index contributed by atoms with van der Waals surface area (Å²) in [7, 11) is 4.25. The predicted octanol–water partition coefficient (Wildman–Crippen LogP) is 2.83. The summed E-state index contributed by atoms with van der Waals surface area (Å²) in [5.41, 5.74) is 6.16. The minimum Gasteiger partial charge on any atom is -0.381 e. The summed E-state index contributed by atoms with van der Waals surface area (Å²) < 4.78 is 5.49. The van der Waals surface area contributed by atoms with Crippen molar-refractivity contribution in [3.63, 3.8) is 0 Å². The van der Waals surface area contributed by atoms with E-state index in [-0.39, 0.29) is 29.5 Å². The molecule has 6 heteroatoms. The minimum atomic E-state index is 0. The molecule has 0 amide bonds. The molecular weight excluding hydrogens is 403 g/mol. The smallest absolute Gasteiger partial charge is 0.188 e. The van der Waals surface area contributed by atoms with Crippen molar-refractivity contribution in [3.05, 3.63) is 0 Å². The Balaban J connectivity index is 0.00000484. The lowest BCUT2D eigenvalue weighted by molar-refractivity contribution is -0.00253. The number of aliphatic imine (C=N–C) groups is 1. The monoisotopic (exact) mass is 440 g/mol. The van der Waals surface area contributed by atoms with Crippen LogP contribution in [0.25, 0.3) is 0 Å². The molecule has 23 heavy (non-hydrogen) atoms. The van der Waals surface area contributed by atoms with Gasteiger partial charge in [-0.1, -0.05) is 26.7 Å². The lowest BCUT2D eigenvalue weighted by atomic mass is 9.89. The first-order valence-electron chi connectivity index (χ1n) is 8.67. The summed E-state index contributed by atoms with van der Waals surface area (Å²) >= 11 is 0. The van der Waals surface area contributed by atoms with Crippen LogP contribution in [0.2, 0.25) is 0 Å². The Morgan fingerprint density at radius 2 is 1.83 bits per heavy atom. The van der Waals surface area contributed by atoms with E-state index >= 15 is 0 Å². The molecule has 1 saturated heterocycles. The standard InChI is InChI=1S/C17H36N4O.HI/c1-14(2)7-6-8-15(3)20-16(18)19-13-17(21(4)5)9-11-22-12-10-17;/h14-15H,6-13H2,1-5H3,(H3,18,19,20);1H. The second-order valence-electron chi connectivity index (χ2n) is 7.30. The van der Waals surface area contributed by atoms with Gasteiger partial charge in [-0.3, -0.25) is 4.99 Å². The zero-order valence-electron chi connectivity index (χ0n) is 15.6. The number of ether oxygens (including phenoxy) is 1. The van der Waals surface area contributed by atoms with E-state index in [4.69, 9.17) is 10.5 Å². The van der Waals surface area contributed by atoms with Gasteiger partial charge in [0, 0.05) is 24.8 Å². The van der Waals surface area contributed by atoms with Gasteiger partial charge in [-0.05, 0) is 46.2 Å². The first-order chi connectivity index (χ1) is 10.4. The van der Waals surface area contributed by atoms with Gasteiger partial charge in [0.05, 0.1) is 6.54 Å². The van der Waals surface area contributed by atoms with Crippen LogP contribution in [-0.4, -0.2) is 56.3 Å². The van der Waals surface area contributed by atoms with E-state index in [2.05, 4.69) is 50.1 Å². The molecule has 3 N–H and O–H groups in total. The van der Waals surface area contributed by atoms with Crippen molar-refractivity contribution in [2.24, 2.45) is 16.6 Å². The van der Waals surface area contributed by atoms with Gasteiger partial charge in [0.1, 0.15) is 0 Å². The molecule has 1 atom stereocenters. The summed E-state index contributed by atoms with van der Waals surface area (Å²) in [5.74, 6) is 1.34. The Bertz CT molecular complexity index is 341. The molecule has 0 aliphatic carbocycles. The highest BCUT2D eigenvalue weighted by Crippen LogP contribution is 2.26. The number of halogens is 1. The fourth-order valence-corrected chi connectivity index (χ4v) is 2.93. The highest BCUT2D eigenvalue weighted by molar-refractivity contribution is 14.0. The number of nitrogens with one attached hydrogen (secondary N) is 1. The van der Waals surface area contributed by atoms with Gasteiger partial charge in [-0.25, -0.2) is 0 Å². The molecule has 1 aliphatic rings. The quantitative estimate of drug-likeness (QED) is 0.346. The number of likely N-dealkylation sites (N-methyl/N-ethyl adjacent to an activating group) is 1. The molecule has 1 aliphatic heterocycles. The van der Waals surface area contributed by atoms with Crippen molar-refractivity contribution in [2.75, 3.05) is 33.9 Å². The third-order valence-electron chi connectivity index (χ3n) is 4.73. The molecule has 1 fully saturated rings. The zero-order chi connectivity index (χ0) is 16.6. The Labute approximate surface area is 159 Å². The van der Waals surface area contributed by atoms with Crippen LogP contribution in [0.4, 0.5) is 0 Å². The van der Waals surface area contributed by atoms with Crippen molar-refractivity contribution in [2.45, 2.75) is 64.5 Å². The van der Waals surface area contributed by atoms with Gasteiger partial charge in [0.15, 0.2) is 5.96 Å². The van der Waals surface area contributed by atoms with Gasteiger partial charge in [-0.15, -0.1) is 24.0 Å². The number of hydrogen-bond donors (Lipinski definition) is 2. The fraction of sp³-hybridized carbons (Fsp3) is 0.941. The highest BCUT2D eigenvalue weighted by atomic mass is 127. The van der Waals surface area contributed by atoms with E-state index in [1.807, 2.05) is 0 Å². The predicted molar refractivity (Wildman–Crippen MR) is 110 cm³/mol. The first-order valence-corrected chi connectivity index (χ1v) is 8.67. The Morgan fingerprint density at radius 3 is 2.35 bits per heavy atom. The SMILES string of the molecule is CC(C)CCCC(C)NC(N)=NCC1(N(C)C)CCOCC1.I. The summed E-state index contributed by atoms with van der Waals surface area (Å²) in [6, 6.07) is 0.382. The van der Waals surface area contributed by atoms with E-state index in [0.717, 1.165) is 44.9 Å². The van der Waals surface area contributed by atoms with E-state index in [0.29, 0.717) is 12.0 Å². The van der Waals surface area contributed by atoms with E-state index in [1.165, 1.54) is 12.8 Å². The van der Waals surface area contributed by atoms with Crippen LogP contribution in [-0.2, 0) is 4.74 Å². The van der Waals surface area contributed by atoms with Gasteiger partial charge in [-0.2, -0.15) is 0 Å². The van der Waals surface area contributed by atoms with Gasteiger partial charge in [0.25, 0.3) is 0 Å². The van der Waals surface area contributed by atoms with Crippen LogP contribution in [0.15, 0.2) is 4.99 Å². The lowest BCUT2D eigenvalue weighted by Crippen LogP contribution is -2.51. The van der Waals surface area contributed by atoms with Crippen LogP contribution < -0.4 is 11.1 Å². The zero-order valence-corrected chi connectivity index (χ0v) is 17.9. The molecule has 1 heterocycles. The normalized spacial score (nSPS) is 19.5. The lowest BCUT2D eigenvalue weighted by Gasteiger charge is -2.41. The van der Waals surface area contributed by atoms with Crippen molar-refractivity contribution >= 4 is 29.9 Å². The molecule has 1 rings (SSSR count). The van der Waals surface area contributed by atoms with E-state index in [9.17, 15) is 0 Å². The van der Waals surface area contributed by atoms with Crippen LogP contribution in [0.3, 0.4) is 0 Å². The number of nitrogens with zero attached hydrogens (tertiary/aromatic N) is 2. The van der Waals surface area contributed by atoms with Crippen LogP contribution >= 0.6 is 24.0 Å². The summed E-state index contributed by atoms with van der Waals surface area (Å²) in [4.78, 5) is 6.89. The Hall–Kier alpha value is -0.0800. The summed E-state index contributed by atoms with van der Waals surface area (Å²) in [5, 5.41) is 3.33. The molecule has 0 aromatic rings. The van der Waals surface area contributed by atoms with Gasteiger partial charge >= 0.3 is 0 Å². The Kier molecular flexibility index (Phi) is 11.4. The van der Waals surface area contributed by atoms with Crippen molar-refractivity contribution < 1.29 is 4.74 Å². The summed E-state index contributed by atoms with van der Waals surface area (Å²) in [6.45, 7) is 9.07. The van der Waals surface area contributed by atoms with E-state index in [1.54, 1.807) is 0 Å². The van der Waals surface area contributed by atoms with Crippen molar-refractivity contribution in [1.29, 1.82) is 0 Å². The van der Waals surface area contributed by atoms with Gasteiger partial charge in [0.2, 0.25) is 0 Å². The number of nitrogens with two attached hydrogens (primary N) is 1. The average molecular weight is 440 g/mol. The van der Waals surface area contributed by atoms with Crippen molar-refractivity contribution in [1.82, 2.24) is 10.2 Å². The first kappa shape index (κ1) is 22.9. The second-order valence-corrected chi connectivity index (χ2v) is 7.30. The third kappa shape index (κ3) is 8.54. The molecule has 0 saturated carbocycles.